The number of benzene rings is 1. The van der Waals surface area contributed by atoms with Crippen LogP contribution in [0.1, 0.15) is 50.0 Å². The molecular formula is C17H26N2O. The van der Waals surface area contributed by atoms with Gasteiger partial charge in [0.1, 0.15) is 0 Å². The molecule has 1 atom stereocenters. The van der Waals surface area contributed by atoms with Gasteiger partial charge in [-0.2, -0.15) is 0 Å². The van der Waals surface area contributed by atoms with E-state index < -0.39 is 0 Å². The van der Waals surface area contributed by atoms with Crippen LogP contribution in [0.3, 0.4) is 0 Å². The Kier molecular flexibility index (Phi) is 4.48. The SMILES string of the molecule is CCN(C(=O)c1ccccc1C(C)(C)C)C1CCNC1. The Hall–Kier alpha value is -1.35. The van der Waals surface area contributed by atoms with Crippen LogP contribution in [0, 0.1) is 0 Å². The lowest BCUT2D eigenvalue weighted by Gasteiger charge is -2.30. The molecule has 1 fully saturated rings. The Morgan fingerprint density at radius 1 is 1.35 bits per heavy atom. The van der Waals surface area contributed by atoms with Crippen LogP contribution in [0.25, 0.3) is 0 Å². The van der Waals surface area contributed by atoms with Gasteiger partial charge in [0, 0.05) is 24.7 Å². The van der Waals surface area contributed by atoms with Crippen molar-refractivity contribution in [1.82, 2.24) is 10.2 Å². The lowest BCUT2D eigenvalue weighted by Crippen LogP contribution is -2.42. The summed E-state index contributed by atoms with van der Waals surface area (Å²) in [4.78, 5) is 14.9. The van der Waals surface area contributed by atoms with Gasteiger partial charge < -0.3 is 10.2 Å². The van der Waals surface area contributed by atoms with Gasteiger partial charge in [0.25, 0.3) is 5.91 Å². The van der Waals surface area contributed by atoms with Crippen LogP contribution >= 0.6 is 0 Å². The Balaban J connectivity index is 2.32. The van der Waals surface area contributed by atoms with Crippen molar-refractivity contribution in [2.75, 3.05) is 19.6 Å². The summed E-state index contributed by atoms with van der Waals surface area (Å²) < 4.78 is 0. The van der Waals surface area contributed by atoms with Gasteiger partial charge in [-0.1, -0.05) is 39.0 Å². The molecule has 0 aliphatic carbocycles. The van der Waals surface area contributed by atoms with E-state index in [1.165, 1.54) is 0 Å². The number of nitrogens with zero attached hydrogens (tertiary/aromatic N) is 1. The normalized spacial score (nSPS) is 19.1. The maximum absolute atomic E-state index is 12.9. The quantitative estimate of drug-likeness (QED) is 0.919. The van der Waals surface area contributed by atoms with Gasteiger partial charge >= 0.3 is 0 Å². The first-order valence-electron chi connectivity index (χ1n) is 7.56. The summed E-state index contributed by atoms with van der Waals surface area (Å²) in [5.74, 6) is 0.173. The van der Waals surface area contributed by atoms with Crippen molar-refractivity contribution < 1.29 is 4.79 Å². The summed E-state index contributed by atoms with van der Waals surface area (Å²) in [7, 11) is 0. The molecule has 1 heterocycles. The molecule has 0 bridgehead atoms. The number of carbonyl (C=O) groups is 1. The summed E-state index contributed by atoms with van der Waals surface area (Å²) in [6.07, 6.45) is 1.05. The summed E-state index contributed by atoms with van der Waals surface area (Å²) >= 11 is 0. The molecule has 1 unspecified atom stereocenters. The summed E-state index contributed by atoms with van der Waals surface area (Å²) in [5, 5.41) is 3.34. The van der Waals surface area contributed by atoms with Crippen LogP contribution in [-0.4, -0.2) is 36.5 Å². The Morgan fingerprint density at radius 3 is 2.60 bits per heavy atom. The number of hydrogen-bond acceptors (Lipinski definition) is 2. The van der Waals surface area contributed by atoms with E-state index >= 15 is 0 Å². The van der Waals surface area contributed by atoms with Gasteiger partial charge in [-0.15, -0.1) is 0 Å². The van der Waals surface area contributed by atoms with Crippen LogP contribution in [0.5, 0.6) is 0 Å². The second-order valence-corrected chi connectivity index (χ2v) is 6.53. The molecule has 1 saturated heterocycles. The van der Waals surface area contributed by atoms with E-state index in [1.54, 1.807) is 0 Å². The second-order valence-electron chi connectivity index (χ2n) is 6.53. The van der Waals surface area contributed by atoms with Crippen LogP contribution in [0.15, 0.2) is 24.3 Å². The molecule has 1 aromatic rings. The van der Waals surface area contributed by atoms with Crippen molar-refractivity contribution >= 4 is 5.91 Å². The van der Waals surface area contributed by atoms with E-state index in [0.717, 1.165) is 37.2 Å². The minimum atomic E-state index is -0.0143. The largest absolute Gasteiger partial charge is 0.335 e. The maximum Gasteiger partial charge on any atom is 0.254 e. The van der Waals surface area contributed by atoms with E-state index in [1.807, 2.05) is 23.1 Å². The van der Waals surface area contributed by atoms with Crippen LogP contribution in [-0.2, 0) is 5.41 Å². The highest BCUT2D eigenvalue weighted by Crippen LogP contribution is 2.27. The first kappa shape index (κ1) is 15.0. The first-order chi connectivity index (χ1) is 9.45. The third-order valence-corrected chi connectivity index (χ3v) is 4.04. The zero-order valence-electron chi connectivity index (χ0n) is 13.1. The van der Waals surface area contributed by atoms with Crippen LogP contribution in [0.2, 0.25) is 0 Å². The van der Waals surface area contributed by atoms with Crippen molar-refractivity contribution in [2.24, 2.45) is 0 Å². The lowest BCUT2D eigenvalue weighted by molar-refractivity contribution is 0.0701. The van der Waals surface area contributed by atoms with Crippen LogP contribution < -0.4 is 5.32 Å². The van der Waals surface area contributed by atoms with Crippen molar-refractivity contribution in [3.8, 4) is 0 Å². The van der Waals surface area contributed by atoms with Crippen molar-refractivity contribution in [3.63, 3.8) is 0 Å². The highest BCUT2D eigenvalue weighted by atomic mass is 16.2. The fourth-order valence-electron chi connectivity index (χ4n) is 2.95. The van der Waals surface area contributed by atoms with E-state index in [-0.39, 0.29) is 11.3 Å². The molecule has 1 N–H and O–H groups in total. The standard InChI is InChI=1S/C17H26N2O/c1-5-19(13-10-11-18-12-13)16(20)14-8-6-7-9-15(14)17(2,3)4/h6-9,13,18H,5,10-12H2,1-4H3. The maximum atomic E-state index is 12.9. The number of hydrogen-bond donors (Lipinski definition) is 1. The predicted octanol–water partition coefficient (Wildman–Crippen LogP) is 2.81. The lowest BCUT2D eigenvalue weighted by atomic mass is 9.83. The highest BCUT2D eigenvalue weighted by Gasteiger charge is 2.29. The second kappa shape index (κ2) is 5.96. The van der Waals surface area contributed by atoms with Crippen molar-refractivity contribution in [1.29, 1.82) is 0 Å². The average molecular weight is 274 g/mol. The molecule has 3 nitrogen and oxygen atoms in total. The van der Waals surface area contributed by atoms with E-state index in [2.05, 4.69) is 39.1 Å². The van der Waals surface area contributed by atoms with Gasteiger partial charge in [-0.05, 0) is 36.9 Å². The first-order valence-corrected chi connectivity index (χ1v) is 7.56. The fourth-order valence-corrected chi connectivity index (χ4v) is 2.95. The summed E-state index contributed by atoms with van der Waals surface area (Å²) in [6, 6.07) is 8.36. The Bertz CT molecular complexity index is 470. The summed E-state index contributed by atoms with van der Waals surface area (Å²) in [5.41, 5.74) is 1.97. The molecule has 0 radical (unpaired) electrons. The van der Waals surface area contributed by atoms with E-state index in [0.29, 0.717) is 6.04 Å². The van der Waals surface area contributed by atoms with Gasteiger partial charge in [0.2, 0.25) is 0 Å². The topological polar surface area (TPSA) is 32.3 Å². The minimum absolute atomic E-state index is 0.0143. The molecule has 1 aliphatic rings. The molecule has 0 saturated carbocycles. The smallest absolute Gasteiger partial charge is 0.254 e. The Morgan fingerprint density at radius 2 is 2.05 bits per heavy atom. The molecule has 1 amide bonds. The molecule has 0 aromatic heterocycles. The van der Waals surface area contributed by atoms with E-state index in [4.69, 9.17) is 0 Å². The summed E-state index contributed by atoms with van der Waals surface area (Å²) in [6.45, 7) is 11.2. The van der Waals surface area contributed by atoms with Crippen molar-refractivity contribution in [2.45, 2.75) is 45.6 Å². The van der Waals surface area contributed by atoms with Gasteiger partial charge in [-0.25, -0.2) is 0 Å². The molecule has 1 aliphatic heterocycles. The number of carbonyl (C=O) groups excluding carboxylic acids is 1. The molecule has 3 heteroatoms. The fraction of sp³-hybridized carbons (Fsp3) is 0.588. The van der Waals surface area contributed by atoms with Gasteiger partial charge in [-0.3, -0.25) is 4.79 Å². The van der Waals surface area contributed by atoms with Gasteiger partial charge in [0.05, 0.1) is 0 Å². The van der Waals surface area contributed by atoms with E-state index in [9.17, 15) is 4.79 Å². The number of amides is 1. The molecule has 2 rings (SSSR count). The minimum Gasteiger partial charge on any atom is -0.335 e. The zero-order valence-corrected chi connectivity index (χ0v) is 13.1. The van der Waals surface area contributed by atoms with Crippen molar-refractivity contribution in [3.05, 3.63) is 35.4 Å². The number of rotatable bonds is 3. The molecule has 110 valence electrons. The number of nitrogens with one attached hydrogen (secondary N) is 1. The number of likely N-dealkylation sites (N-methyl/N-ethyl adjacent to an activating group) is 1. The molecule has 0 spiro atoms. The molecule has 20 heavy (non-hydrogen) atoms. The van der Waals surface area contributed by atoms with Gasteiger partial charge in [0.15, 0.2) is 0 Å². The third kappa shape index (κ3) is 3.04. The van der Waals surface area contributed by atoms with Crippen LogP contribution in [0.4, 0.5) is 0 Å². The third-order valence-electron chi connectivity index (χ3n) is 4.04. The highest BCUT2D eigenvalue weighted by molar-refractivity contribution is 5.96. The zero-order chi connectivity index (χ0) is 14.8. The predicted molar refractivity (Wildman–Crippen MR) is 83.1 cm³/mol. The Labute approximate surface area is 122 Å². The molecular weight excluding hydrogens is 248 g/mol. The average Bonchev–Trinajstić information content (AvgIpc) is 2.92. The molecule has 1 aromatic carbocycles. The monoisotopic (exact) mass is 274 g/mol.